The van der Waals surface area contributed by atoms with Gasteiger partial charge in [-0.3, -0.25) is 0 Å². The number of nitrogens with two attached hydrogens (primary N) is 1. The van der Waals surface area contributed by atoms with E-state index in [-0.39, 0.29) is 15.3 Å². The SMILES string of the molecule is CC(C)C(N)CCN(C)S(=O)(=O)c1cc(Cl)sc1Cl. The molecule has 0 spiro atoms. The van der Waals surface area contributed by atoms with Gasteiger partial charge in [0.1, 0.15) is 9.23 Å². The average molecular weight is 345 g/mol. The number of halogens is 2. The minimum Gasteiger partial charge on any atom is -0.327 e. The van der Waals surface area contributed by atoms with Crippen LogP contribution in [-0.2, 0) is 10.0 Å². The Balaban J connectivity index is 2.81. The highest BCUT2D eigenvalue weighted by atomic mass is 35.5. The molecule has 110 valence electrons. The molecule has 0 radical (unpaired) electrons. The summed E-state index contributed by atoms with van der Waals surface area (Å²) in [6.07, 6.45) is 0.600. The van der Waals surface area contributed by atoms with Crippen LogP contribution in [0.2, 0.25) is 8.67 Å². The molecule has 0 amide bonds. The lowest BCUT2D eigenvalue weighted by atomic mass is 10.0. The van der Waals surface area contributed by atoms with Gasteiger partial charge in [-0.05, 0) is 18.4 Å². The first kappa shape index (κ1) is 17.2. The van der Waals surface area contributed by atoms with Crippen LogP contribution in [0.1, 0.15) is 20.3 Å². The van der Waals surface area contributed by atoms with Crippen LogP contribution in [0.3, 0.4) is 0 Å². The molecule has 1 atom stereocenters. The smallest absolute Gasteiger partial charge is 0.245 e. The van der Waals surface area contributed by atoms with Gasteiger partial charge in [0.15, 0.2) is 0 Å². The molecule has 0 saturated heterocycles. The maximum absolute atomic E-state index is 12.3. The molecule has 0 bridgehead atoms. The Bertz CT molecular complexity index is 529. The van der Waals surface area contributed by atoms with Crippen molar-refractivity contribution in [1.29, 1.82) is 0 Å². The summed E-state index contributed by atoms with van der Waals surface area (Å²) < 4.78 is 26.4. The van der Waals surface area contributed by atoms with Gasteiger partial charge in [0, 0.05) is 19.6 Å². The number of hydrogen-bond acceptors (Lipinski definition) is 4. The fraction of sp³-hybridized carbons (Fsp3) is 0.636. The van der Waals surface area contributed by atoms with Gasteiger partial charge < -0.3 is 5.73 Å². The minimum atomic E-state index is -3.60. The topological polar surface area (TPSA) is 63.4 Å². The molecule has 1 unspecified atom stereocenters. The predicted octanol–water partition coefficient (Wildman–Crippen LogP) is 3.05. The second kappa shape index (κ2) is 6.74. The Morgan fingerprint density at radius 3 is 2.42 bits per heavy atom. The van der Waals surface area contributed by atoms with Crippen LogP contribution in [0.25, 0.3) is 0 Å². The van der Waals surface area contributed by atoms with Crippen molar-refractivity contribution in [1.82, 2.24) is 4.31 Å². The van der Waals surface area contributed by atoms with Crippen LogP contribution >= 0.6 is 34.5 Å². The van der Waals surface area contributed by atoms with Crippen molar-refractivity contribution in [3.63, 3.8) is 0 Å². The van der Waals surface area contributed by atoms with Gasteiger partial charge >= 0.3 is 0 Å². The highest BCUT2D eigenvalue weighted by Crippen LogP contribution is 2.35. The first-order chi connectivity index (χ1) is 8.66. The Kier molecular flexibility index (Phi) is 6.10. The number of hydrogen-bond donors (Lipinski definition) is 1. The third-order valence-electron chi connectivity index (χ3n) is 2.95. The lowest BCUT2D eigenvalue weighted by molar-refractivity contribution is 0.397. The van der Waals surface area contributed by atoms with Crippen LogP contribution < -0.4 is 5.73 Å². The zero-order chi connectivity index (χ0) is 14.8. The van der Waals surface area contributed by atoms with Gasteiger partial charge in [-0.15, -0.1) is 11.3 Å². The predicted molar refractivity (Wildman–Crippen MR) is 81.6 cm³/mol. The summed E-state index contributed by atoms with van der Waals surface area (Å²) in [4.78, 5) is 0.0600. The molecule has 0 aliphatic carbocycles. The molecular weight excluding hydrogens is 327 g/mol. The molecule has 1 aromatic rings. The van der Waals surface area contributed by atoms with E-state index < -0.39 is 10.0 Å². The molecule has 1 heterocycles. The highest BCUT2D eigenvalue weighted by Gasteiger charge is 2.26. The molecule has 19 heavy (non-hydrogen) atoms. The quantitative estimate of drug-likeness (QED) is 0.862. The maximum Gasteiger partial charge on any atom is 0.245 e. The van der Waals surface area contributed by atoms with Gasteiger partial charge in [0.2, 0.25) is 10.0 Å². The van der Waals surface area contributed by atoms with Crippen molar-refractivity contribution in [3.05, 3.63) is 14.7 Å². The van der Waals surface area contributed by atoms with Crippen molar-refractivity contribution in [2.24, 2.45) is 11.7 Å². The van der Waals surface area contributed by atoms with Gasteiger partial charge in [-0.1, -0.05) is 37.0 Å². The molecule has 4 nitrogen and oxygen atoms in total. The number of nitrogens with zero attached hydrogens (tertiary/aromatic N) is 1. The summed E-state index contributed by atoms with van der Waals surface area (Å²) >= 11 is 12.7. The normalized spacial score (nSPS) is 14.3. The molecule has 2 N–H and O–H groups in total. The van der Waals surface area contributed by atoms with E-state index in [9.17, 15) is 8.42 Å². The highest BCUT2D eigenvalue weighted by molar-refractivity contribution is 7.89. The van der Waals surface area contributed by atoms with Crippen molar-refractivity contribution >= 4 is 44.6 Å². The van der Waals surface area contributed by atoms with Gasteiger partial charge in [0.05, 0.1) is 4.34 Å². The number of sulfonamides is 1. The van der Waals surface area contributed by atoms with E-state index in [0.717, 1.165) is 11.3 Å². The van der Waals surface area contributed by atoms with Crippen LogP contribution in [0, 0.1) is 5.92 Å². The van der Waals surface area contributed by atoms with Crippen LogP contribution in [0.4, 0.5) is 0 Å². The van der Waals surface area contributed by atoms with Crippen LogP contribution in [-0.4, -0.2) is 32.4 Å². The second-order valence-corrected chi connectivity index (χ2v) is 9.01. The van der Waals surface area contributed by atoms with Crippen LogP contribution in [0.5, 0.6) is 0 Å². The zero-order valence-corrected chi connectivity index (χ0v) is 14.2. The molecule has 8 heteroatoms. The van der Waals surface area contributed by atoms with E-state index in [2.05, 4.69) is 0 Å². The minimum absolute atomic E-state index is 0.0285. The molecule has 1 aromatic heterocycles. The van der Waals surface area contributed by atoms with E-state index in [0.29, 0.717) is 23.2 Å². The average Bonchev–Trinajstić information content (AvgIpc) is 2.65. The van der Waals surface area contributed by atoms with E-state index in [1.807, 2.05) is 13.8 Å². The molecule has 0 aliphatic rings. The third kappa shape index (κ3) is 4.31. The molecular formula is C11H18Cl2N2O2S2. The lowest BCUT2D eigenvalue weighted by Gasteiger charge is -2.21. The Morgan fingerprint density at radius 1 is 1.42 bits per heavy atom. The Labute approximate surface area is 128 Å². The standard InChI is InChI=1S/C11H18Cl2N2O2S2/c1-7(2)8(14)4-5-15(3)19(16,17)9-6-10(12)18-11(9)13/h6-8H,4-5,14H2,1-3H3. The largest absolute Gasteiger partial charge is 0.327 e. The molecule has 0 aliphatic heterocycles. The van der Waals surface area contributed by atoms with E-state index in [4.69, 9.17) is 28.9 Å². The Morgan fingerprint density at radius 2 is 2.00 bits per heavy atom. The fourth-order valence-electron chi connectivity index (χ4n) is 1.45. The number of thiophene rings is 1. The van der Waals surface area contributed by atoms with Crippen molar-refractivity contribution in [2.45, 2.75) is 31.2 Å². The summed E-state index contributed by atoms with van der Waals surface area (Å²) in [6, 6.07) is 1.35. The van der Waals surface area contributed by atoms with E-state index >= 15 is 0 Å². The van der Waals surface area contributed by atoms with Gasteiger partial charge in [-0.25, -0.2) is 12.7 Å². The van der Waals surface area contributed by atoms with Gasteiger partial charge in [-0.2, -0.15) is 0 Å². The summed E-state index contributed by atoms with van der Waals surface area (Å²) in [5, 5.41) is 0. The zero-order valence-electron chi connectivity index (χ0n) is 11.1. The monoisotopic (exact) mass is 344 g/mol. The molecule has 0 saturated carbocycles. The third-order valence-corrected chi connectivity index (χ3v) is 6.56. The van der Waals surface area contributed by atoms with Crippen molar-refractivity contribution in [2.75, 3.05) is 13.6 Å². The van der Waals surface area contributed by atoms with Gasteiger partial charge in [0.25, 0.3) is 0 Å². The second-order valence-electron chi connectivity index (χ2n) is 4.71. The Hall–Kier alpha value is 0.150. The summed E-state index contributed by atoms with van der Waals surface area (Å²) in [7, 11) is -2.08. The lowest BCUT2D eigenvalue weighted by Crippen LogP contribution is -2.34. The van der Waals surface area contributed by atoms with Crippen LogP contribution in [0.15, 0.2) is 11.0 Å². The summed E-state index contributed by atoms with van der Waals surface area (Å²) in [5.74, 6) is 0.315. The summed E-state index contributed by atoms with van der Waals surface area (Å²) in [6.45, 7) is 4.37. The maximum atomic E-state index is 12.3. The van der Waals surface area contributed by atoms with E-state index in [1.165, 1.54) is 17.4 Å². The molecule has 0 fully saturated rings. The van der Waals surface area contributed by atoms with Crippen molar-refractivity contribution < 1.29 is 8.42 Å². The number of rotatable bonds is 6. The first-order valence-corrected chi connectivity index (χ1v) is 8.84. The van der Waals surface area contributed by atoms with Crippen molar-refractivity contribution in [3.8, 4) is 0 Å². The summed E-state index contributed by atoms with van der Waals surface area (Å²) in [5.41, 5.74) is 5.91. The fourth-order valence-corrected chi connectivity index (χ4v) is 4.75. The molecule has 1 rings (SSSR count). The van der Waals surface area contributed by atoms with E-state index in [1.54, 1.807) is 0 Å². The molecule has 0 aromatic carbocycles. The first-order valence-electron chi connectivity index (χ1n) is 5.83.